The Balaban J connectivity index is 2.18. The lowest BCUT2D eigenvalue weighted by Gasteiger charge is -2.42. The third-order valence-corrected chi connectivity index (χ3v) is 5.63. The van der Waals surface area contributed by atoms with Gasteiger partial charge in [-0.1, -0.05) is 42.6 Å². The highest BCUT2D eigenvalue weighted by Gasteiger charge is 2.32. The minimum Gasteiger partial charge on any atom is -0.357 e. The summed E-state index contributed by atoms with van der Waals surface area (Å²) in [5.41, 5.74) is 3.08. The third-order valence-electron chi connectivity index (χ3n) is 5.07. The van der Waals surface area contributed by atoms with Crippen molar-refractivity contribution in [2.45, 2.75) is 51.8 Å². The van der Waals surface area contributed by atoms with E-state index < -0.39 is 0 Å². The molecule has 4 heteroatoms. The number of anilines is 1. The van der Waals surface area contributed by atoms with Crippen LogP contribution in [0.5, 0.6) is 0 Å². The summed E-state index contributed by atoms with van der Waals surface area (Å²) in [6, 6.07) is 0. The predicted molar refractivity (Wildman–Crippen MR) is 85.0 cm³/mol. The highest BCUT2D eigenvalue weighted by Crippen LogP contribution is 2.40. The van der Waals surface area contributed by atoms with Gasteiger partial charge in [-0.15, -0.1) is 0 Å². The maximum atomic E-state index is 4.58. The van der Waals surface area contributed by atoms with E-state index in [2.05, 4.69) is 58.4 Å². The fourth-order valence-electron chi connectivity index (χ4n) is 3.39. The van der Waals surface area contributed by atoms with Crippen LogP contribution in [-0.4, -0.2) is 22.9 Å². The van der Waals surface area contributed by atoms with E-state index in [0.29, 0.717) is 5.41 Å². The van der Waals surface area contributed by atoms with Gasteiger partial charge in [0.15, 0.2) is 0 Å². The average Bonchev–Trinajstić information content (AvgIpc) is 2.73. The van der Waals surface area contributed by atoms with Gasteiger partial charge in [-0.25, -0.2) is 0 Å². The van der Waals surface area contributed by atoms with Crippen LogP contribution in [0.15, 0.2) is 0 Å². The van der Waals surface area contributed by atoms with Gasteiger partial charge in [-0.3, -0.25) is 4.68 Å². The van der Waals surface area contributed by atoms with E-state index >= 15 is 0 Å². The number of piperidine rings is 1. The number of aromatic nitrogens is 2. The second kappa shape index (κ2) is 5.86. The summed E-state index contributed by atoms with van der Waals surface area (Å²) in [7, 11) is 2.07. The van der Waals surface area contributed by atoms with Crippen molar-refractivity contribution in [2.75, 3.05) is 18.0 Å². The third kappa shape index (κ3) is 2.69. The molecule has 1 fully saturated rings. The van der Waals surface area contributed by atoms with Crippen LogP contribution in [0, 0.1) is 12.3 Å². The Morgan fingerprint density at radius 3 is 2.26 bits per heavy atom. The molecule has 0 N–H and O–H groups in total. The van der Waals surface area contributed by atoms with Crippen LogP contribution < -0.4 is 4.90 Å². The zero-order valence-electron chi connectivity index (χ0n) is 12.7. The molecule has 2 rings (SSSR count). The van der Waals surface area contributed by atoms with Crippen molar-refractivity contribution in [3.05, 3.63) is 11.3 Å². The summed E-state index contributed by atoms with van der Waals surface area (Å²) in [5, 5.41) is 5.47. The molecule has 108 valence electrons. The molecule has 0 spiro atoms. The lowest BCUT2D eigenvalue weighted by molar-refractivity contribution is 0.198. The standard InChI is InChI=1S/C15H26BrN3/c1-5-15(6-2)7-9-19(10-8-15)14-13(11-16)12(3)17-18(14)4/h5-11H2,1-4H3. The molecular formula is C15H26BrN3. The minimum absolute atomic E-state index is 0.582. The quantitative estimate of drug-likeness (QED) is 0.778. The van der Waals surface area contributed by atoms with E-state index in [1.54, 1.807) is 0 Å². The van der Waals surface area contributed by atoms with E-state index in [9.17, 15) is 0 Å². The lowest BCUT2D eigenvalue weighted by atomic mass is 9.74. The number of nitrogens with zero attached hydrogens (tertiary/aromatic N) is 3. The largest absolute Gasteiger partial charge is 0.357 e. The first kappa shape index (κ1) is 14.9. The molecule has 0 aliphatic carbocycles. The van der Waals surface area contributed by atoms with Crippen molar-refractivity contribution in [3.63, 3.8) is 0 Å². The number of hydrogen-bond acceptors (Lipinski definition) is 2. The maximum absolute atomic E-state index is 4.58. The van der Waals surface area contributed by atoms with Gasteiger partial charge in [-0.05, 0) is 25.2 Å². The fourth-order valence-corrected chi connectivity index (χ4v) is 4.05. The molecule has 1 aliphatic heterocycles. The van der Waals surface area contributed by atoms with Gasteiger partial charge >= 0.3 is 0 Å². The average molecular weight is 328 g/mol. The molecule has 1 aromatic heterocycles. The molecule has 0 radical (unpaired) electrons. The number of alkyl halides is 1. The van der Waals surface area contributed by atoms with E-state index in [4.69, 9.17) is 0 Å². The monoisotopic (exact) mass is 327 g/mol. The van der Waals surface area contributed by atoms with E-state index in [1.165, 1.54) is 50.2 Å². The van der Waals surface area contributed by atoms with Gasteiger partial charge in [0.25, 0.3) is 0 Å². The van der Waals surface area contributed by atoms with Crippen LogP contribution in [-0.2, 0) is 12.4 Å². The number of halogens is 1. The molecule has 2 heterocycles. The summed E-state index contributed by atoms with van der Waals surface area (Å²) in [4.78, 5) is 2.53. The molecule has 0 unspecified atom stereocenters. The van der Waals surface area contributed by atoms with Crippen LogP contribution in [0.3, 0.4) is 0 Å². The van der Waals surface area contributed by atoms with Crippen molar-refractivity contribution in [1.29, 1.82) is 0 Å². The number of aryl methyl sites for hydroxylation is 2. The molecule has 0 bridgehead atoms. The van der Waals surface area contributed by atoms with Gasteiger partial charge < -0.3 is 4.90 Å². The van der Waals surface area contributed by atoms with Gasteiger partial charge in [0, 0.05) is 31.0 Å². The van der Waals surface area contributed by atoms with Crippen molar-refractivity contribution in [2.24, 2.45) is 12.5 Å². The minimum atomic E-state index is 0.582. The van der Waals surface area contributed by atoms with Gasteiger partial charge in [0.05, 0.1) is 5.69 Å². The molecule has 3 nitrogen and oxygen atoms in total. The summed E-state index contributed by atoms with van der Waals surface area (Å²) < 4.78 is 2.05. The van der Waals surface area contributed by atoms with Crippen LogP contribution >= 0.6 is 15.9 Å². The Kier molecular flexibility index (Phi) is 4.59. The molecule has 0 aromatic carbocycles. The second-order valence-electron chi connectivity index (χ2n) is 5.84. The van der Waals surface area contributed by atoms with Crippen LogP contribution in [0.1, 0.15) is 50.8 Å². The zero-order chi connectivity index (χ0) is 14.0. The van der Waals surface area contributed by atoms with Crippen LogP contribution in [0.25, 0.3) is 0 Å². The van der Waals surface area contributed by atoms with E-state index in [-0.39, 0.29) is 0 Å². The Labute approximate surface area is 125 Å². The van der Waals surface area contributed by atoms with Gasteiger partial charge in [0.1, 0.15) is 5.82 Å². The van der Waals surface area contributed by atoms with Crippen LogP contribution in [0.2, 0.25) is 0 Å². The summed E-state index contributed by atoms with van der Waals surface area (Å²) in [6.07, 6.45) is 5.25. The Bertz CT molecular complexity index is 425. The van der Waals surface area contributed by atoms with Gasteiger partial charge in [-0.2, -0.15) is 5.10 Å². The van der Waals surface area contributed by atoms with E-state index in [1.807, 2.05) is 0 Å². The molecular weight excluding hydrogens is 302 g/mol. The van der Waals surface area contributed by atoms with Gasteiger partial charge in [0.2, 0.25) is 0 Å². The van der Waals surface area contributed by atoms with Crippen molar-refractivity contribution < 1.29 is 0 Å². The Hall–Kier alpha value is -0.510. The summed E-state index contributed by atoms with van der Waals surface area (Å²) >= 11 is 3.61. The fraction of sp³-hybridized carbons (Fsp3) is 0.800. The molecule has 19 heavy (non-hydrogen) atoms. The molecule has 0 saturated carbocycles. The smallest absolute Gasteiger partial charge is 0.130 e. The van der Waals surface area contributed by atoms with Crippen molar-refractivity contribution in [1.82, 2.24) is 9.78 Å². The number of rotatable bonds is 4. The zero-order valence-corrected chi connectivity index (χ0v) is 14.3. The summed E-state index contributed by atoms with van der Waals surface area (Å²) in [5.74, 6) is 1.31. The Morgan fingerprint density at radius 1 is 1.21 bits per heavy atom. The van der Waals surface area contributed by atoms with E-state index in [0.717, 1.165) is 11.0 Å². The van der Waals surface area contributed by atoms with Crippen LogP contribution in [0.4, 0.5) is 5.82 Å². The first-order valence-electron chi connectivity index (χ1n) is 7.40. The topological polar surface area (TPSA) is 21.1 Å². The summed E-state index contributed by atoms with van der Waals surface area (Å²) in [6.45, 7) is 9.13. The SMILES string of the molecule is CCC1(CC)CCN(c2c(CBr)c(C)nn2C)CC1. The van der Waals surface area contributed by atoms with Crippen molar-refractivity contribution in [3.8, 4) is 0 Å². The molecule has 1 aliphatic rings. The first-order valence-corrected chi connectivity index (χ1v) is 8.52. The maximum Gasteiger partial charge on any atom is 0.130 e. The highest BCUT2D eigenvalue weighted by molar-refractivity contribution is 9.08. The normalized spacial score (nSPS) is 18.9. The second-order valence-corrected chi connectivity index (χ2v) is 6.40. The molecule has 0 atom stereocenters. The number of hydrogen-bond donors (Lipinski definition) is 0. The molecule has 1 saturated heterocycles. The Morgan fingerprint density at radius 2 is 1.79 bits per heavy atom. The van der Waals surface area contributed by atoms with Crippen molar-refractivity contribution >= 4 is 21.7 Å². The lowest BCUT2D eigenvalue weighted by Crippen LogP contribution is -2.40. The molecule has 0 amide bonds. The molecule has 1 aromatic rings. The first-order chi connectivity index (χ1) is 9.06. The highest BCUT2D eigenvalue weighted by atomic mass is 79.9. The predicted octanol–water partition coefficient (Wildman–Crippen LogP) is 4.03.